The Bertz CT molecular complexity index is 324. The van der Waals surface area contributed by atoms with Crippen molar-refractivity contribution in [2.75, 3.05) is 0 Å². The van der Waals surface area contributed by atoms with Gasteiger partial charge in [0.15, 0.2) is 0 Å². The molecule has 4 heteroatoms. The molecule has 0 atom stereocenters. The van der Waals surface area contributed by atoms with Gasteiger partial charge in [-0.15, -0.1) is 0 Å². The topological polar surface area (TPSA) is 23.8 Å². The molecule has 0 aromatic heterocycles. The first-order chi connectivity index (χ1) is 6.03. The maximum Gasteiger partial charge on any atom is 0.335 e. The van der Waals surface area contributed by atoms with Crippen LogP contribution in [0.3, 0.4) is 0 Å². The Morgan fingerprint density at radius 2 is 1.77 bits per heavy atom. The number of nitrogens with zero attached hydrogens (tertiary/aromatic N) is 1. The van der Waals surface area contributed by atoms with Gasteiger partial charge in [-0.2, -0.15) is 14.0 Å². The normalized spacial score (nSPS) is 10.9. The summed E-state index contributed by atoms with van der Waals surface area (Å²) in [5, 5.41) is 8.04. The van der Waals surface area contributed by atoms with Crippen LogP contribution in [-0.4, -0.2) is 5.92 Å². The molecule has 1 aromatic rings. The lowest BCUT2D eigenvalue weighted by Crippen LogP contribution is -2.16. The van der Waals surface area contributed by atoms with E-state index in [0.29, 0.717) is 0 Å². The smallest absolute Gasteiger partial charge is 0.207 e. The van der Waals surface area contributed by atoms with E-state index in [1.807, 2.05) is 0 Å². The van der Waals surface area contributed by atoms with Gasteiger partial charge in [0.2, 0.25) is 0 Å². The molecule has 0 aliphatic rings. The number of hydrogen-bond acceptors (Lipinski definition) is 1. The molecule has 0 heterocycles. The molecule has 68 valence electrons. The second-order valence-corrected chi connectivity index (χ2v) is 2.62. The van der Waals surface area contributed by atoms with Gasteiger partial charge in [0.1, 0.15) is 11.9 Å². The van der Waals surface area contributed by atoms with E-state index < -0.39 is 18.2 Å². The van der Waals surface area contributed by atoms with Crippen LogP contribution in [0.25, 0.3) is 0 Å². The highest BCUT2D eigenvalue weighted by molar-refractivity contribution is 5.19. The Hall–Kier alpha value is -1.50. The van der Waals surface area contributed by atoms with Crippen LogP contribution in [0, 0.1) is 17.1 Å². The van der Waals surface area contributed by atoms with E-state index in [9.17, 15) is 13.2 Å². The molecule has 13 heavy (non-hydrogen) atoms. The standard InChI is InChI=1S/C9H6F3N/c10-8-3-1-7(2-4-8)5-9(11,12)6-13/h1-4H,5H2. The third kappa shape index (κ3) is 2.79. The van der Waals surface area contributed by atoms with E-state index in [4.69, 9.17) is 5.26 Å². The molecule has 0 N–H and O–H groups in total. The zero-order valence-electron chi connectivity index (χ0n) is 6.60. The predicted octanol–water partition coefficient (Wildman–Crippen LogP) is 2.53. The summed E-state index contributed by atoms with van der Waals surface area (Å²) in [6.07, 6.45) is -0.677. The molecule has 0 bridgehead atoms. The maximum absolute atomic E-state index is 12.5. The molecular formula is C9H6F3N. The first-order valence-electron chi connectivity index (χ1n) is 3.57. The molecule has 0 saturated carbocycles. The van der Waals surface area contributed by atoms with Gasteiger partial charge in [0, 0.05) is 0 Å². The SMILES string of the molecule is N#CC(F)(F)Cc1ccc(F)cc1. The average molecular weight is 185 g/mol. The molecule has 0 fully saturated rings. The summed E-state index contributed by atoms with van der Waals surface area (Å²) in [6.45, 7) is 0. The fourth-order valence-corrected chi connectivity index (χ4v) is 0.898. The van der Waals surface area contributed by atoms with Crippen LogP contribution in [-0.2, 0) is 6.42 Å². The zero-order valence-corrected chi connectivity index (χ0v) is 6.60. The summed E-state index contributed by atoms with van der Waals surface area (Å²) in [5.74, 6) is -3.86. The number of nitriles is 1. The van der Waals surface area contributed by atoms with Gasteiger partial charge in [0.25, 0.3) is 0 Å². The van der Waals surface area contributed by atoms with Crippen molar-refractivity contribution in [3.8, 4) is 6.07 Å². The highest BCUT2D eigenvalue weighted by atomic mass is 19.3. The largest absolute Gasteiger partial charge is 0.335 e. The quantitative estimate of drug-likeness (QED) is 0.694. The van der Waals surface area contributed by atoms with Crippen LogP contribution in [0.15, 0.2) is 24.3 Å². The number of alkyl halides is 2. The minimum atomic E-state index is -3.38. The number of halogens is 3. The molecule has 1 rings (SSSR count). The van der Waals surface area contributed by atoms with Gasteiger partial charge >= 0.3 is 5.92 Å². The highest BCUT2D eigenvalue weighted by Gasteiger charge is 2.28. The lowest BCUT2D eigenvalue weighted by atomic mass is 10.1. The molecule has 0 radical (unpaired) electrons. The molecule has 0 aliphatic heterocycles. The Kier molecular flexibility index (Phi) is 2.57. The highest BCUT2D eigenvalue weighted by Crippen LogP contribution is 2.18. The van der Waals surface area contributed by atoms with Crippen molar-refractivity contribution in [3.05, 3.63) is 35.6 Å². The van der Waals surface area contributed by atoms with E-state index >= 15 is 0 Å². The maximum atomic E-state index is 12.5. The van der Waals surface area contributed by atoms with E-state index in [-0.39, 0.29) is 5.56 Å². The Morgan fingerprint density at radius 1 is 1.23 bits per heavy atom. The summed E-state index contributed by atoms with van der Waals surface area (Å²) in [5.41, 5.74) is 0.243. The van der Waals surface area contributed by atoms with E-state index in [1.165, 1.54) is 12.1 Å². The first kappa shape index (κ1) is 9.59. The summed E-state index contributed by atoms with van der Waals surface area (Å²) in [4.78, 5) is 0. The van der Waals surface area contributed by atoms with Crippen molar-refractivity contribution in [3.63, 3.8) is 0 Å². The lowest BCUT2D eigenvalue weighted by molar-refractivity contribution is 0.0645. The van der Waals surface area contributed by atoms with Crippen molar-refractivity contribution in [2.45, 2.75) is 12.3 Å². The van der Waals surface area contributed by atoms with Crippen LogP contribution < -0.4 is 0 Å². The predicted molar refractivity (Wildman–Crippen MR) is 40.7 cm³/mol. The van der Waals surface area contributed by atoms with E-state index in [2.05, 4.69) is 0 Å². The number of rotatable bonds is 2. The van der Waals surface area contributed by atoms with Crippen LogP contribution >= 0.6 is 0 Å². The fraction of sp³-hybridized carbons (Fsp3) is 0.222. The van der Waals surface area contributed by atoms with Crippen LogP contribution in [0.5, 0.6) is 0 Å². The molecular weight excluding hydrogens is 179 g/mol. The number of benzene rings is 1. The summed E-state index contributed by atoms with van der Waals surface area (Å²) in [7, 11) is 0. The minimum Gasteiger partial charge on any atom is -0.207 e. The second kappa shape index (κ2) is 3.48. The van der Waals surface area contributed by atoms with Crippen LogP contribution in [0.4, 0.5) is 13.2 Å². The van der Waals surface area contributed by atoms with Crippen molar-refractivity contribution < 1.29 is 13.2 Å². The van der Waals surface area contributed by atoms with Gasteiger partial charge in [0.05, 0.1) is 6.42 Å². The Labute approximate surface area is 73.4 Å². The van der Waals surface area contributed by atoms with E-state index in [0.717, 1.165) is 18.2 Å². The minimum absolute atomic E-state index is 0.243. The van der Waals surface area contributed by atoms with Crippen molar-refractivity contribution >= 4 is 0 Å². The monoisotopic (exact) mass is 185 g/mol. The molecule has 0 aliphatic carbocycles. The van der Waals surface area contributed by atoms with Crippen molar-refractivity contribution in [1.82, 2.24) is 0 Å². The molecule has 1 aromatic carbocycles. The van der Waals surface area contributed by atoms with Crippen LogP contribution in [0.1, 0.15) is 5.56 Å². The number of hydrogen-bond donors (Lipinski definition) is 0. The Balaban J connectivity index is 2.77. The van der Waals surface area contributed by atoms with Gasteiger partial charge < -0.3 is 0 Å². The molecule has 0 unspecified atom stereocenters. The second-order valence-electron chi connectivity index (χ2n) is 2.62. The summed E-state index contributed by atoms with van der Waals surface area (Å²) >= 11 is 0. The van der Waals surface area contributed by atoms with Crippen molar-refractivity contribution in [2.24, 2.45) is 0 Å². The van der Waals surface area contributed by atoms with E-state index in [1.54, 1.807) is 0 Å². The van der Waals surface area contributed by atoms with Gasteiger partial charge in [-0.1, -0.05) is 12.1 Å². The van der Waals surface area contributed by atoms with Crippen molar-refractivity contribution in [1.29, 1.82) is 5.26 Å². The zero-order chi connectivity index (χ0) is 9.90. The van der Waals surface area contributed by atoms with Crippen LogP contribution in [0.2, 0.25) is 0 Å². The summed E-state index contributed by atoms with van der Waals surface area (Å²) < 4.78 is 37.3. The third-order valence-corrected chi connectivity index (χ3v) is 1.50. The molecule has 1 nitrogen and oxygen atoms in total. The lowest BCUT2D eigenvalue weighted by Gasteiger charge is -2.06. The van der Waals surface area contributed by atoms with Gasteiger partial charge in [-0.25, -0.2) is 4.39 Å². The molecule has 0 spiro atoms. The average Bonchev–Trinajstić information content (AvgIpc) is 2.09. The first-order valence-corrected chi connectivity index (χ1v) is 3.57. The molecule has 0 saturated heterocycles. The summed E-state index contributed by atoms with van der Waals surface area (Å²) in [6, 6.07) is 5.52. The van der Waals surface area contributed by atoms with Gasteiger partial charge in [-0.05, 0) is 17.7 Å². The third-order valence-electron chi connectivity index (χ3n) is 1.50. The fourth-order valence-electron chi connectivity index (χ4n) is 0.898. The Morgan fingerprint density at radius 3 is 2.23 bits per heavy atom. The van der Waals surface area contributed by atoms with Gasteiger partial charge in [-0.3, -0.25) is 0 Å². The molecule has 0 amide bonds.